The lowest BCUT2D eigenvalue weighted by Crippen LogP contribution is -2.07. The number of nitrogens with zero attached hydrogens (tertiary/aromatic N) is 1. The van der Waals surface area contributed by atoms with Crippen LogP contribution in [0.4, 0.5) is 13.2 Å². The molecule has 0 atom stereocenters. The smallest absolute Gasteiger partial charge is 0.418 e. The summed E-state index contributed by atoms with van der Waals surface area (Å²) in [6.45, 7) is 1.23. The number of fused-ring (bicyclic) bond motifs is 1. The Morgan fingerprint density at radius 3 is 2.26 bits per heavy atom. The summed E-state index contributed by atoms with van der Waals surface area (Å²) in [7, 11) is 0. The third-order valence-corrected chi connectivity index (χ3v) is 5.96. The van der Waals surface area contributed by atoms with Gasteiger partial charge in [0.2, 0.25) is 0 Å². The number of ether oxygens (including phenoxy) is 1. The fourth-order valence-corrected chi connectivity index (χ4v) is 4.30. The molecule has 5 rings (SSSR count). The van der Waals surface area contributed by atoms with Crippen LogP contribution in [0.25, 0.3) is 22.0 Å². The second-order valence-electron chi connectivity index (χ2n) is 8.78. The Bertz CT molecular complexity index is 1620. The molecule has 1 heterocycles. The van der Waals surface area contributed by atoms with E-state index in [0.717, 1.165) is 17.2 Å². The molecule has 0 saturated carbocycles. The number of alkyl halides is 3. The molecule has 0 radical (unpaired) electrons. The summed E-state index contributed by atoms with van der Waals surface area (Å²) >= 11 is 0. The molecule has 5 nitrogen and oxygen atoms in total. The molecule has 0 aliphatic heterocycles. The molecule has 0 aliphatic carbocycles. The van der Waals surface area contributed by atoms with E-state index < -0.39 is 17.7 Å². The number of para-hydroxylation sites is 1. The SMILES string of the molecule is CC(=O)OOc1ccc(Oc2cccc(-c3c(Cc4ccccc4)cnc4c(C(F)(F)F)cccc34)c2)cc1. The molecule has 0 bridgehead atoms. The van der Waals surface area contributed by atoms with Crippen molar-refractivity contribution in [2.45, 2.75) is 19.5 Å². The first-order valence-corrected chi connectivity index (χ1v) is 12.0. The standard InChI is InChI=1S/C31H22F3NO4/c1-20(36)38-39-25-15-13-24(14-16-25)37-26-10-5-9-22(18-26)29-23(17-21-7-3-2-4-8-21)19-35-30-27(29)11-6-12-28(30)31(32,33)34/h2-16,18-19H,17H2,1H3. The molecule has 0 fully saturated rings. The Morgan fingerprint density at radius 2 is 1.54 bits per heavy atom. The van der Waals surface area contributed by atoms with Gasteiger partial charge in [-0.05, 0) is 71.1 Å². The number of hydrogen-bond donors (Lipinski definition) is 0. The fraction of sp³-hybridized carbons (Fsp3) is 0.0968. The number of rotatable bonds is 7. The second kappa shape index (κ2) is 10.9. The van der Waals surface area contributed by atoms with Crippen LogP contribution in [-0.4, -0.2) is 11.0 Å². The van der Waals surface area contributed by atoms with Crippen molar-refractivity contribution in [2.24, 2.45) is 0 Å². The molecule has 0 saturated heterocycles. The minimum Gasteiger partial charge on any atom is -0.457 e. The number of halogens is 3. The summed E-state index contributed by atoms with van der Waals surface area (Å²) in [4.78, 5) is 24.6. The van der Waals surface area contributed by atoms with E-state index in [9.17, 15) is 18.0 Å². The van der Waals surface area contributed by atoms with E-state index in [1.807, 2.05) is 36.4 Å². The van der Waals surface area contributed by atoms with Crippen LogP contribution in [0.15, 0.2) is 103 Å². The van der Waals surface area contributed by atoms with Crippen molar-refractivity contribution >= 4 is 16.9 Å². The van der Waals surface area contributed by atoms with Crippen molar-refractivity contribution in [1.82, 2.24) is 4.98 Å². The van der Waals surface area contributed by atoms with Gasteiger partial charge in [0.05, 0.1) is 11.1 Å². The van der Waals surface area contributed by atoms with Gasteiger partial charge >= 0.3 is 12.1 Å². The lowest BCUT2D eigenvalue weighted by Gasteiger charge is -2.17. The lowest BCUT2D eigenvalue weighted by atomic mass is 9.92. The summed E-state index contributed by atoms with van der Waals surface area (Å²) in [6.07, 6.45) is -2.53. The van der Waals surface area contributed by atoms with Crippen LogP contribution < -0.4 is 9.62 Å². The Hall–Kier alpha value is -4.85. The predicted molar refractivity (Wildman–Crippen MR) is 140 cm³/mol. The summed E-state index contributed by atoms with van der Waals surface area (Å²) in [5.74, 6) is 0.722. The first-order valence-electron chi connectivity index (χ1n) is 12.0. The molecular formula is C31H22F3NO4. The van der Waals surface area contributed by atoms with Crippen LogP contribution in [0, 0.1) is 0 Å². The number of hydrogen-bond acceptors (Lipinski definition) is 5. The van der Waals surface area contributed by atoms with Crippen molar-refractivity contribution in [1.29, 1.82) is 0 Å². The summed E-state index contributed by atoms with van der Waals surface area (Å²) < 4.78 is 47.5. The Morgan fingerprint density at radius 1 is 0.821 bits per heavy atom. The summed E-state index contributed by atoms with van der Waals surface area (Å²) in [5, 5.41) is 0.405. The van der Waals surface area contributed by atoms with E-state index in [0.29, 0.717) is 40.2 Å². The highest BCUT2D eigenvalue weighted by Crippen LogP contribution is 2.40. The highest BCUT2D eigenvalue weighted by molar-refractivity contribution is 5.98. The maximum absolute atomic E-state index is 13.8. The van der Waals surface area contributed by atoms with Crippen LogP contribution in [0.5, 0.6) is 17.2 Å². The monoisotopic (exact) mass is 529 g/mol. The van der Waals surface area contributed by atoms with E-state index in [1.165, 1.54) is 19.2 Å². The fourth-order valence-electron chi connectivity index (χ4n) is 4.30. The van der Waals surface area contributed by atoms with E-state index >= 15 is 0 Å². The van der Waals surface area contributed by atoms with Gasteiger partial charge in [0.15, 0.2) is 5.75 Å². The zero-order chi connectivity index (χ0) is 27.4. The molecule has 0 spiro atoms. The molecule has 8 heteroatoms. The number of carbonyl (C=O) groups is 1. The van der Waals surface area contributed by atoms with Gasteiger partial charge in [0.1, 0.15) is 11.5 Å². The van der Waals surface area contributed by atoms with E-state index in [1.54, 1.807) is 48.5 Å². The molecule has 0 N–H and O–H groups in total. The van der Waals surface area contributed by atoms with Gasteiger partial charge in [0, 0.05) is 18.5 Å². The molecule has 0 aliphatic rings. The van der Waals surface area contributed by atoms with Gasteiger partial charge < -0.3 is 4.74 Å². The van der Waals surface area contributed by atoms with Crippen LogP contribution >= 0.6 is 0 Å². The largest absolute Gasteiger partial charge is 0.457 e. The molecule has 4 aromatic carbocycles. The summed E-state index contributed by atoms with van der Waals surface area (Å²) in [6, 6.07) is 27.4. The Labute approximate surface area is 222 Å². The van der Waals surface area contributed by atoms with Gasteiger partial charge in [-0.25, -0.2) is 4.79 Å². The van der Waals surface area contributed by atoms with Crippen molar-refractivity contribution in [3.8, 4) is 28.4 Å². The minimum atomic E-state index is -4.54. The van der Waals surface area contributed by atoms with Crippen molar-refractivity contribution in [3.63, 3.8) is 0 Å². The Balaban J connectivity index is 1.55. The van der Waals surface area contributed by atoms with Crippen LogP contribution in [-0.2, 0) is 22.3 Å². The second-order valence-corrected chi connectivity index (χ2v) is 8.78. The summed E-state index contributed by atoms with van der Waals surface area (Å²) in [5.41, 5.74) is 2.26. The molecule has 39 heavy (non-hydrogen) atoms. The average molecular weight is 530 g/mol. The van der Waals surface area contributed by atoms with E-state index in [2.05, 4.69) is 9.87 Å². The first kappa shape index (κ1) is 25.8. The molecule has 1 aromatic heterocycles. The van der Waals surface area contributed by atoms with Crippen LogP contribution in [0.3, 0.4) is 0 Å². The van der Waals surface area contributed by atoms with Gasteiger partial charge in [-0.2, -0.15) is 13.2 Å². The molecular weight excluding hydrogens is 507 g/mol. The maximum Gasteiger partial charge on any atom is 0.418 e. The van der Waals surface area contributed by atoms with Crippen molar-refractivity contribution in [3.05, 3.63) is 120 Å². The van der Waals surface area contributed by atoms with E-state index in [-0.39, 0.29) is 5.52 Å². The zero-order valence-electron chi connectivity index (χ0n) is 20.7. The molecule has 0 unspecified atom stereocenters. The van der Waals surface area contributed by atoms with Crippen LogP contribution in [0.2, 0.25) is 0 Å². The molecule has 5 aromatic rings. The molecule has 0 amide bonds. The zero-order valence-corrected chi connectivity index (χ0v) is 20.7. The highest BCUT2D eigenvalue weighted by Gasteiger charge is 2.33. The number of pyridine rings is 1. The van der Waals surface area contributed by atoms with Gasteiger partial charge in [-0.1, -0.05) is 54.6 Å². The third kappa shape index (κ3) is 6.01. The highest BCUT2D eigenvalue weighted by atomic mass is 19.4. The normalized spacial score (nSPS) is 11.3. The molecule has 196 valence electrons. The predicted octanol–water partition coefficient (Wildman–Crippen LogP) is 8.16. The number of carbonyl (C=O) groups excluding carboxylic acids is 1. The topological polar surface area (TPSA) is 57.7 Å². The quantitative estimate of drug-likeness (QED) is 0.157. The number of benzene rings is 4. The van der Waals surface area contributed by atoms with Gasteiger partial charge in [-0.3, -0.25) is 14.8 Å². The van der Waals surface area contributed by atoms with Crippen LogP contribution in [0.1, 0.15) is 23.6 Å². The minimum absolute atomic E-state index is 0.105. The van der Waals surface area contributed by atoms with Crippen molar-refractivity contribution in [2.75, 3.05) is 0 Å². The van der Waals surface area contributed by atoms with Gasteiger partial charge in [0.25, 0.3) is 0 Å². The van der Waals surface area contributed by atoms with E-state index in [4.69, 9.17) is 9.62 Å². The lowest BCUT2D eigenvalue weighted by molar-refractivity contribution is -0.210. The average Bonchev–Trinajstić information content (AvgIpc) is 2.92. The maximum atomic E-state index is 13.8. The van der Waals surface area contributed by atoms with Crippen molar-refractivity contribution < 1.29 is 32.5 Å². The number of aromatic nitrogens is 1. The van der Waals surface area contributed by atoms with Gasteiger partial charge in [-0.15, -0.1) is 0 Å². The first-order chi connectivity index (χ1) is 18.8. The Kier molecular flexibility index (Phi) is 7.19. The third-order valence-electron chi connectivity index (χ3n) is 5.96.